The zero-order chi connectivity index (χ0) is 13.1. The van der Waals surface area contributed by atoms with Gasteiger partial charge in [-0.3, -0.25) is 4.79 Å². The molecular weight excluding hydrogens is 212 g/mol. The number of hydrogen-bond acceptors (Lipinski definition) is 2. The molecule has 1 aliphatic rings. The van der Waals surface area contributed by atoms with Gasteiger partial charge in [-0.25, -0.2) is 0 Å². The molecule has 0 aliphatic heterocycles. The minimum absolute atomic E-state index is 0.0297. The van der Waals surface area contributed by atoms with Gasteiger partial charge in [0.25, 0.3) is 0 Å². The van der Waals surface area contributed by atoms with E-state index in [1.54, 1.807) is 0 Å². The van der Waals surface area contributed by atoms with Crippen molar-refractivity contribution in [3.8, 4) is 0 Å². The lowest BCUT2D eigenvalue weighted by atomic mass is 9.75. The number of nitrogens with one attached hydrogen (secondary N) is 1. The summed E-state index contributed by atoms with van der Waals surface area (Å²) in [5.74, 6) is 0.286. The standard InChI is InChI=1S/C14H28N2O/c1-5-10(2)12(15)13(17)16-11-7-6-8-14(3,4)9-11/h10-12H,5-9,15H2,1-4H3,(H,16,17)/t10?,11?,12-/m0/s1. The Labute approximate surface area is 106 Å². The molecule has 3 nitrogen and oxygen atoms in total. The SMILES string of the molecule is CCC(C)[C@H](N)C(=O)NC1CCCC(C)(C)C1. The lowest BCUT2D eigenvalue weighted by molar-refractivity contribution is -0.124. The lowest BCUT2D eigenvalue weighted by Crippen LogP contribution is -2.50. The van der Waals surface area contributed by atoms with Gasteiger partial charge in [0.1, 0.15) is 0 Å². The van der Waals surface area contributed by atoms with Crippen molar-refractivity contribution in [3.05, 3.63) is 0 Å². The summed E-state index contributed by atoms with van der Waals surface area (Å²) in [6.45, 7) is 8.66. The summed E-state index contributed by atoms with van der Waals surface area (Å²) in [7, 11) is 0. The molecule has 0 radical (unpaired) electrons. The topological polar surface area (TPSA) is 55.1 Å². The molecule has 3 heteroatoms. The smallest absolute Gasteiger partial charge is 0.237 e. The fraction of sp³-hybridized carbons (Fsp3) is 0.929. The highest BCUT2D eigenvalue weighted by Gasteiger charge is 2.30. The highest BCUT2D eigenvalue weighted by molar-refractivity contribution is 5.82. The molecule has 0 heterocycles. The first-order valence-electron chi connectivity index (χ1n) is 6.91. The van der Waals surface area contributed by atoms with Crippen molar-refractivity contribution in [1.82, 2.24) is 5.32 Å². The van der Waals surface area contributed by atoms with Gasteiger partial charge < -0.3 is 11.1 Å². The minimum Gasteiger partial charge on any atom is -0.352 e. The van der Waals surface area contributed by atoms with Crippen molar-refractivity contribution in [2.24, 2.45) is 17.1 Å². The quantitative estimate of drug-likeness (QED) is 0.793. The Morgan fingerprint density at radius 1 is 1.53 bits per heavy atom. The van der Waals surface area contributed by atoms with Crippen LogP contribution in [0.5, 0.6) is 0 Å². The van der Waals surface area contributed by atoms with E-state index in [2.05, 4.69) is 26.1 Å². The molecule has 0 spiro atoms. The van der Waals surface area contributed by atoms with Crippen LogP contribution in [0.3, 0.4) is 0 Å². The largest absolute Gasteiger partial charge is 0.352 e. The van der Waals surface area contributed by atoms with Crippen molar-refractivity contribution >= 4 is 5.91 Å². The maximum absolute atomic E-state index is 12.0. The van der Waals surface area contributed by atoms with E-state index in [-0.39, 0.29) is 17.9 Å². The van der Waals surface area contributed by atoms with Gasteiger partial charge in [0.05, 0.1) is 6.04 Å². The average molecular weight is 240 g/mol. The van der Waals surface area contributed by atoms with Crippen molar-refractivity contribution in [1.29, 1.82) is 0 Å². The Hall–Kier alpha value is -0.570. The average Bonchev–Trinajstić information content (AvgIpc) is 2.25. The fourth-order valence-corrected chi connectivity index (χ4v) is 2.63. The summed E-state index contributed by atoms with van der Waals surface area (Å²) in [5.41, 5.74) is 6.30. The number of rotatable bonds is 4. The van der Waals surface area contributed by atoms with Gasteiger partial charge in [-0.15, -0.1) is 0 Å². The summed E-state index contributed by atoms with van der Waals surface area (Å²) in [5, 5.41) is 3.13. The Balaban J connectivity index is 2.46. The molecule has 0 bridgehead atoms. The zero-order valence-corrected chi connectivity index (χ0v) is 11.8. The number of amides is 1. The van der Waals surface area contributed by atoms with E-state index >= 15 is 0 Å². The second-order valence-electron chi connectivity index (χ2n) is 6.38. The summed E-state index contributed by atoms with van der Waals surface area (Å²) in [6, 6.07) is -0.0357. The van der Waals surface area contributed by atoms with Crippen molar-refractivity contribution < 1.29 is 4.79 Å². The van der Waals surface area contributed by atoms with Gasteiger partial charge in [-0.2, -0.15) is 0 Å². The lowest BCUT2D eigenvalue weighted by Gasteiger charge is -2.36. The third-order valence-corrected chi connectivity index (χ3v) is 4.11. The van der Waals surface area contributed by atoms with Crippen molar-refractivity contribution in [2.45, 2.75) is 71.9 Å². The summed E-state index contributed by atoms with van der Waals surface area (Å²) < 4.78 is 0. The maximum atomic E-state index is 12.0. The first kappa shape index (κ1) is 14.5. The first-order valence-corrected chi connectivity index (χ1v) is 6.91. The highest BCUT2D eigenvalue weighted by atomic mass is 16.2. The number of carbonyl (C=O) groups is 1. The third kappa shape index (κ3) is 4.30. The van der Waals surface area contributed by atoms with Crippen LogP contribution < -0.4 is 11.1 Å². The van der Waals surface area contributed by atoms with Crippen LogP contribution in [0.25, 0.3) is 0 Å². The van der Waals surface area contributed by atoms with Crippen LogP contribution in [0.4, 0.5) is 0 Å². The molecule has 0 aromatic heterocycles. The van der Waals surface area contributed by atoms with Crippen LogP contribution in [-0.4, -0.2) is 18.0 Å². The van der Waals surface area contributed by atoms with Crippen LogP contribution in [0.15, 0.2) is 0 Å². The molecule has 1 rings (SSSR count). The Bertz CT molecular complexity index is 263. The first-order chi connectivity index (χ1) is 7.85. The van der Waals surface area contributed by atoms with Crippen LogP contribution in [-0.2, 0) is 4.79 Å². The van der Waals surface area contributed by atoms with E-state index in [1.807, 2.05) is 6.92 Å². The van der Waals surface area contributed by atoms with E-state index in [1.165, 1.54) is 12.8 Å². The van der Waals surface area contributed by atoms with Gasteiger partial charge in [0, 0.05) is 6.04 Å². The summed E-state index contributed by atoms with van der Waals surface area (Å²) in [6.07, 6.45) is 5.59. The van der Waals surface area contributed by atoms with Gasteiger partial charge in [0.15, 0.2) is 0 Å². The molecule has 1 amide bonds. The summed E-state index contributed by atoms with van der Waals surface area (Å²) >= 11 is 0. The Morgan fingerprint density at radius 3 is 2.71 bits per heavy atom. The van der Waals surface area contributed by atoms with E-state index in [0.29, 0.717) is 11.5 Å². The highest BCUT2D eigenvalue weighted by Crippen LogP contribution is 2.35. The second kappa shape index (κ2) is 5.85. The number of hydrogen-bond donors (Lipinski definition) is 2. The molecule has 1 aliphatic carbocycles. The molecule has 100 valence electrons. The number of nitrogens with two attached hydrogens (primary N) is 1. The van der Waals surface area contributed by atoms with Crippen LogP contribution in [0.2, 0.25) is 0 Å². The van der Waals surface area contributed by atoms with Crippen LogP contribution in [0.1, 0.15) is 59.8 Å². The second-order valence-corrected chi connectivity index (χ2v) is 6.38. The summed E-state index contributed by atoms with van der Waals surface area (Å²) in [4.78, 5) is 12.0. The predicted octanol–water partition coefficient (Wildman–Crippen LogP) is 2.44. The molecule has 17 heavy (non-hydrogen) atoms. The molecule has 1 saturated carbocycles. The van der Waals surface area contributed by atoms with E-state index in [9.17, 15) is 4.79 Å². The van der Waals surface area contributed by atoms with Crippen molar-refractivity contribution in [3.63, 3.8) is 0 Å². The van der Waals surface area contributed by atoms with Gasteiger partial charge in [-0.1, -0.05) is 40.5 Å². The number of carbonyl (C=O) groups excluding carboxylic acids is 1. The Kier molecular flexibility index (Phi) is 4.99. The van der Waals surface area contributed by atoms with E-state index < -0.39 is 0 Å². The van der Waals surface area contributed by atoms with Crippen molar-refractivity contribution in [2.75, 3.05) is 0 Å². The monoisotopic (exact) mass is 240 g/mol. The molecule has 3 N–H and O–H groups in total. The Morgan fingerprint density at radius 2 is 2.18 bits per heavy atom. The molecule has 0 aromatic rings. The van der Waals surface area contributed by atoms with Crippen LogP contribution >= 0.6 is 0 Å². The fourth-order valence-electron chi connectivity index (χ4n) is 2.63. The molecular formula is C14H28N2O. The van der Waals surface area contributed by atoms with E-state index in [0.717, 1.165) is 19.3 Å². The normalized spacial score (nSPS) is 27.2. The third-order valence-electron chi connectivity index (χ3n) is 4.11. The molecule has 3 atom stereocenters. The minimum atomic E-state index is -0.356. The molecule has 1 fully saturated rings. The van der Waals surface area contributed by atoms with E-state index in [4.69, 9.17) is 5.73 Å². The van der Waals surface area contributed by atoms with Crippen LogP contribution in [0, 0.1) is 11.3 Å². The van der Waals surface area contributed by atoms with Gasteiger partial charge >= 0.3 is 0 Å². The molecule has 0 saturated heterocycles. The predicted molar refractivity (Wildman–Crippen MR) is 71.6 cm³/mol. The van der Waals surface area contributed by atoms with Gasteiger partial charge in [-0.05, 0) is 30.6 Å². The molecule has 0 aromatic carbocycles. The van der Waals surface area contributed by atoms with Gasteiger partial charge in [0.2, 0.25) is 5.91 Å². The molecule has 2 unspecified atom stereocenters. The zero-order valence-electron chi connectivity index (χ0n) is 11.8. The maximum Gasteiger partial charge on any atom is 0.237 e.